The highest BCUT2D eigenvalue weighted by Crippen LogP contribution is 2.28. The highest BCUT2D eigenvalue weighted by atomic mass is 19.1. The molecule has 0 saturated heterocycles. The molecule has 0 spiro atoms. The highest BCUT2D eigenvalue weighted by molar-refractivity contribution is 5.94. The van der Waals surface area contributed by atoms with Gasteiger partial charge in [-0.25, -0.2) is 9.18 Å². The minimum Gasteiger partial charge on any atom is -0.331 e. The van der Waals surface area contributed by atoms with Gasteiger partial charge in [0.2, 0.25) is 5.91 Å². The van der Waals surface area contributed by atoms with Crippen LogP contribution in [-0.2, 0) is 18.3 Å². The second-order valence-corrected chi connectivity index (χ2v) is 6.00. The summed E-state index contributed by atoms with van der Waals surface area (Å²) in [6.45, 7) is -0.171. The Kier molecular flexibility index (Phi) is 4.97. The molecule has 3 rings (SSSR count). The number of hydrogen-bond donors (Lipinski definition) is 3. The van der Waals surface area contributed by atoms with Crippen LogP contribution in [-0.4, -0.2) is 28.3 Å². The Morgan fingerprint density at radius 2 is 2.08 bits per heavy atom. The summed E-state index contributed by atoms with van der Waals surface area (Å²) in [6.07, 6.45) is 4.54. The summed E-state index contributed by atoms with van der Waals surface area (Å²) >= 11 is 0. The molecule has 25 heavy (non-hydrogen) atoms. The summed E-state index contributed by atoms with van der Waals surface area (Å²) in [4.78, 5) is 23.9. The minimum atomic E-state index is -0.407. The number of aryl methyl sites for hydroxylation is 1. The van der Waals surface area contributed by atoms with Crippen molar-refractivity contribution in [3.8, 4) is 0 Å². The van der Waals surface area contributed by atoms with Crippen molar-refractivity contribution in [3.63, 3.8) is 0 Å². The van der Waals surface area contributed by atoms with E-state index < -0.39 is 6.03 Å². The normalized spacial score (nSPS) is 16.0. The molecule has 1 aliphatic carbocycles. The molecule has 7 nitrogen and oxygen atoms in total. The molecule has 1 atom stereocenters. The van der Waals surface area contributed by atoms with Crippen molar-refractivity contribution in [1.82, 2.24) is 20.4 Å². The molecule has 132 valence electrons. The largest absolute Gasteiger partial charge is 0.331 e. The summed E-state index contributed by atoms with van der Waals surface area (Å²) in [7, 11) is 1.89. The Hall–Kier alpha value is -2.90. The molecule has 0 unspecified atom stereocenters. The molecular formula is C17H20FN5O2. The van der Waals surface area contributed by atoms with Crippen LogP contribution in [0.15, 0.2) is 30.5 Å². The number of carbonyl (C=O) groups excluding carboxylic acids is 2. The summed E-state index contributed by atoms with van der Waals surface area (Å²) in [5, 5.41) is 12.2. The first kappa shape index (κ1) is 16.9. The zero-order chi connectivity index (χ0) is 17.8. The van der Waals surface area contributed by atoms with E-state index in [4.69, 9.17) is 0 Å². The van der Waals surface area contributed by atoms with Crippen molar-refractivity contribution in [1.29, 1.82) is 0 Å². The average molecular weight is 345 g/mol. The second-order valence-electron chi connectivity index (χ2n) is 6.00. The summed E-state index contributed by atoms with van der Waals surface area (Å²) in [5.41, 5.74) is 2.63. The molecule has 1 heterocycles. The van der Waals surface area contributed by atoms with Crippen LogP contribution >= 0.6 is 0 Å². The molecule has 3 N–H and O–H groups in total. The molecule has 0 bridgehead atoms. The Bertz CT molecular complexity index is 772. The lowest BCUT2D eigenvalue weighted by atomic mass is 9.93. The van der Waals surface area contributed by atoms with E-state index in [1.165, 1.54) is 24.3 Å². The quantitative estimate of drug-likeness (QED) is 0.790. The number of benzene rings is 1. The van der Waals surface area contributed by atoms with Crippen molar-refractivity contribution < 1.29 is 14.0 Å². The lowest BCUT2D eigenvalue weighted by molar-refractivity contribution is -0.115. The standard InChI is InChI=1S/C17H20FN5O2/c1-23-15-4-2-3-14(13(15)9-20-23)22-17(25)19-10-16(24)21-12-7-5-11(18)6-8-12/h5-9,14H,2-4,10H2,1H3,(H,21,24)(H2,19,22,25)/t14-/m1/s1. The smallest absolute Gasteiger partial charge is 0.315 e. The molecular weight excluding hydrogens is 325 g/mol. The average Bonchev–Trinajstić information content (AvgIpc) is 2.98. The Balaban J connectivity index is 1.48. The third-order valence-electron chi connectivity index (χ3n) is 4.22. The lowest BCUT2D eigenvalue weighted by Crippen LogP contribution is -2.42. The SMILES string of the molecule is Cn1ncc2c1CCC[C@H]2NC(=O)NCC(=O)Nc1ccc(F)cc1. The Morgan fingerprint density at radius 3 is 2.84 bits per heavy atom. The summed E-state index contributed by atoms with van der Waals surface area (Å²) in [5.74, 6) is -0.759. The van der Waals surface area contributed by atoms with Crippen LogP contribution in [0.2, 0.25) is 0 Å². The van der Waals surface area contributed by atoms with E-state index in [0.717, 1.165) is 30.5 Å². The highest BCUT2D eigenvalue weighted by Gasteiger charge is 2.24. The van der Waals surface area contributed by atoms with Gasteiger partial charge in [0.05, 0.1) is 18.8 Å². The monoisotopic (exact) mass is 345 g/mol. The second kappa shape index (κ2) is 7.33. The molecule has 1 aliphatic rings. The van der Waals surface area contributed by atoms with Crippen molar-refractivity contribution in [2.75, 3.05) is 11.9 Å². The van der Waals surface area contributed by atoms with Gasteiger partial charge in [-0.3, -0.25) is 9.48 Å². The van der Waals surface area contributed by atoms with E-state index >= 15 is 0 Å². The van der Waals surface area contributed by atoms with Crippen LogP contribution in [0.4, 0.5) is 14.9 Å². The maximum atomic E-state index is 12.8. The predicted octanol–water partition coefficient (Wildman–Crippen LogP) is 1.87. The number of carbonyl (C=O) groups is 2. The number of rotatable bonds is 4. The van der Waals surface area contributed by atoms with Gasteiger partial charge in [-0.1, -0.05) is 0 Å². The molecule has 3 amide bonds. The summed E-state index contributed by atoms with van der Waals surface area (Å²) < 4.78 is 14.7. The molecule has 2 aromatic rings. The van der Waals surface area contributed by atoms with E-state index in [1.807, 2.05) is 11.7 Å². The number of nitrogens with one attached hydrogen (secondary N) is 3. The maximum absolute atomic E-state index is 12.8. The van der Waals surface area contributed by atoms with Gasteiger partial charge in [0.1, 0.15) is 5.82 Å². The van der Waals surface area contributed by atoms with Gasteiger partial charge in [-0.05, 0) is 43.5 Å². The van der Waals surface area contributed by atoms with Gasteiger partial charge >= 0.3 is 6.03 Å². The first-order valence-electron chi connectivity index (χ1n) is 8.13. The van der Waals surface area contributed by atoms with E-state index in [1.54, 1.807) is 6.20 Å². The molecule has 0 saturated carbocycles. The molecule has 0 radical (unpaired) electrons. The minimum absolute atomic E-state index is 0.0994. The van der Waals surface area contributed by atoms with Gasteiger partial charge in [-0.15, -0.1) is 0 Å². The van der Waals surface area contributed by atoms with Crippen LogP contribution in [0, 0.1) is 5.82 Å². The Labute approximate surface area is 144 Å². The lowest BCUT2D eigenvalue weighted by Gasteiger charge is -2.23. The number of halogens is 1. The van der Waals surface area contributed by atoms with E-state index in [2.05, 4.69) is 21.0 Å². The molecule has 0 aliphatic heterocycles. The fourth-order valence-electron chi connectivity index (χ4n) is 2.96. The van der Waals surface area contributed by atoms with Crippen LogP contribution in [0.5, 0.6) is 0 Å². The molecule has 1 aromatic heterocycles. The number of hydrogen-bond acceptors (Lipinski definition) is 3. The van der Waals surface area contributed by atoms with Crippen molar-refractivity contribution in [2.45, 2.75) is 25.3 Å². The number of urea groups is 1. The van der Waals surface area contributed by atoms with Crippen molar-refractivity contribution in [3.05, 3.63) is 47.5 Å². The molecule has 0 fully saturated rings. The van der Waals surface area contributed by atoms with Gasteiger partial charge in [-0.2, -0.15) is 5.10 Å². The number of aromatic nitrogens is 2. The molecule has 8 heteroatoms. The van der Waals surface area contributed by atoms with E-state index in [0.29, 0.717) is 5.69 Å². The first-order chi connectivity index (χ1) is 12.0. The fourth-order valence-corrected chi connectivity index (χ4v) is 2.96. The number of fused-ring (bicyclic) bond motifs is 1. The maximum Gasteiger partial charge on any atom is 0.315 e. The fraction of sp³-hybridized carbons (Fsp3) is 0.353. The van der Waals surface area contributed by atoms with Crippen molar-refractivity contribution in [2.24, 2.45) is 7.05 Å². The third kappa shape index (κ3) is 4.14. The zero-order valence-corrected chi connectivity index (χ0v) is 13.9. The third-order valence-corrected chi connectivity index (χ3v) is 4.22. The number of anilines is 1. The zero-order valence-electron chi connectivity index (χ0n) is 13.9. The Morgan fingerprint density at radius 1 is 1.32 bits per heavy atom. The predicted molar refractivity (Wildman–Crippen MR) is 90.5 cm³/mol. The van der Waals surface area contributed by atoms with Gasteiger partial charge in [0.15, 0.2) is 0 Å². The summed E-state index contributed by atoms with van der Waals surface area (Å²) in [6, 6.07) is 4.92. The van der Waals surface area contributed by atoms with Gasteiger partial charge in [0, 0.05) is 24.0 Å². The van der Waals surface area contributed by atoms with E-state index in [9.17, 15) is 14.0 Å². The van der Waals surface area contributed by atoms with Gasteiger partial charge in [0.25, 0.3) is 0 Å². The van der Waals surface area contributed by atoms with E-state index in [-0.39, 0.29) is 24.3 Å². The van der Waals surface area contributed by atoms with Crippen LogP contribution in [0.1, 0.15) is 30.1 Å². The van der Waals surface area contributed by atoms with Crippen LogP contribution in [0.25, 0.3) is 0 Å². The first-order valence-corrected chi connectivity index (χ1v) is 8.13. The van der Waals surface area contributed by atoms with Gasteiger partial charge < -0.3 is 16.0 Å². The molecule has 1 aromatic carbocycles. The van der Waals surface area contributed by atoms with Crippen LogP contribution in [0.3, 0.4) is 0 Å². The topological polar surface area (TPSA) is 88.1 Å². The van der Waals surface area contributed by atoms with Crippen molar-refractivity contribution >= 4 is 17.6 Å². The number of nitrogens with zero attached hydrogens (tertiary/aromatic N) is 2. The van der Waals surface area contributed by atoms with Crippen LogP contribution < -0.4 is 16.0 Å². The number of amides is 3.